The Kier molecular flexibility index (Phi) is 4.57. The van der Waals surface area contributed by atoms with Crippen LogP contribution >= 0.6 is 0 Å². The van der Waals surface area contributed by atoms with Gasteiger partial charge in [-0.3, -0.25) is 0 Å². The number of aliphatic hydroxyl groups excluding tert-OH is 1. The number of benzene rings is 1. The second kappa shape index (κ2) is 6.24. The number of aliphatic hydroxyl groups is 1. The average Bonchev–Trinajstić information content (AvgIpc) is 3.05. The Balaban J connectivity index is 1.81. The van der Waals surface area contributed by atoms with Crippen LogP contribution in [0.5, 0.6) is 0 Å². The predicted octanol–water partition coefficient (Wildman–Crippen LogP) is 3.03. The van der Waals surface area contributed by atoms with Crippen LogP contribution in [-0.2, 0) is 18.9 Å². The zero-order valence-corrected chi connectivity index (χ0v) is 14.7. The van der Waals surface area contributed by atoms with Crippen LogP contribution in [0.25, 0.3) is 6.08 Å². The molecule has 3 rings (SSSR count). The molecule has 2 saturated heterocycles. The summed E-state index contributed by atoms with van der Waals surface area (Å²) in [5, 5.41) is 10.8. The van der Waals surface area contributed by atoms with Gasteiger partial charge >= 0.3 is 0 Å². The summed E-state index contributed by atoms with van der Waals surface area (Å²) in [5.74, 6) is -1.44. The van der Waals surface area contributed by atoms with Gasteiger partial charge in [-0.2, -0.15) is 0 Å². The van der Waals surface area contributed by atoms with Crippen LogP contribution < -0.4 is 0 Å². The van der Waals surface area contributed by atoms with Crippen molar-refractivity contribution in [2.75, 3.05) is 6.61 Å². The van der Waals surface area contributed by atoms with E-state index in [-0.39, 0.29) is 6.10 Å². The van der Waals surface area contributed by atoms with E-state index in [1.807, 2.05) is 52.0 Å². The summed E-state index contributed by atoms with van der Waals surface area (Å²) in [4.78, 5) is 0. The Labute approximate surface area is 143 Å². The van der Waals surface area contributed by atoms with Crippen molar-refractivity contribution in [3.8, 4) is 0 Å². The van der Waals surface area contributed by atoms with Crippen molar-refractivity contribution in [1.82, 2.24) is 0 Å². The second-order valence-electron chi connectivity index (χ2n) is 7.25. The van der Waals surface area contributed by atoms with Gasteiger partial charge in [0.2, 0.25) is 0 Å². The third kappa shape index (κ3) is 3.55. The van der Waals surface area contributed by atoms with Crippen molar-refractivity contribution in [3.05, 3.63) is 42.0 Å². The van der Waals surface area contributed by atoms with Crippen LogP contribution in [0.1, 0.15) is 44.9 Å². The summed E-state index contributed by atoms with van der Waals surface area (Å²) >= 11 is 0. The molecule has 0 amide bonds. The van der Waals surface area contributed by atoms with Crippen LogP contribution in [-0.4, -0.2) is 41.6 Å². The summed E-state index contributed by atoms with van der Waals surface area (Å²) in [6.07, 6.45) is -0.270. The molecule has 2 heterocycles. The maximum atomic E-state index is 10.8. The first-order valence-electron chi connectivity index (χ1n) is 8.29. The van der Waals surface area contributed by atoms with Crippen molar-refractivity contribution in [2.45, 2.75) is 63.7 Å². The maximum absolute atomic E-state index is 10.8. The summed E-state index contributed by atoms with van der Waals surface area (Å²) in [6.45, 7) is 11.6. The molecule has 2 aliphatic rings. The van der Waals surface area contributed by atoms with E-state index in [0.29, 0.717) is 6.61 Å². The first kappa shape index (κ1) is 17.6. The van der Waals surface area contributed by atoms with Crippen LogP contribution in [0.15, 0.2) is 30.8 Å². The van der Waals surface area contributed by atoms with Gasteiger partial charge in [-0.25, -0.2) is 0 Å². The normalized spacial score (nSPS) is 32.6. The van der Waals surface area contributed by atoms with Gasteiger partial charge in [-0.15, -0.1) is 0 Å². The molecular formula is C19H26O5. The highest BCUT2D eigenvalue weighted by atomic mass is 16.8. The Hall–Kier alpha value is -1.24. The number of ether oxygens (including phenoxy) is 4. The van der Waals surface area contributed by atoms with Gasteiger partial charge in [-0.05, 0) is 38.8 Å². The fourth-order valence-corrected chi connectivity index (χ4v) is 3.25. The Morgan fingerprint density at radius 1 is 1.08 bits per heavy atom. The van der Waals surface area contributed by atoms with E-state index in [1.165, 1.54) is 0 Å². The molecule has 0 aliphatic carbocycles. The zero-order chi connectivity index (χ0) is 17.5. The molecule has 1 aromatic carbocycles. The molecule has 1 aromatic rings. The zero-order valence-electron chi connectivity index (χ0n) is 14.7. The molecular weight excluding hydrogens is 308 g/mol. The van der Waals surface area contributed by atoms with Gasteiger partial charge in [0.05, 0.1) is 6.61 Å². The number of hydrogen-bond donors (Lipinski definition) is 1. The van der Waals surface area contributed by atoms with Gasteiger partial charge in [-0.1, -0.05) is 36.9 Å². The first-order chi connectivity index (χ1) is 11.2. The van der Waals surface area contributed by atoms with Crippen LogP contribution in [0.3, 0.4) is 0 Å². The van der Waals surface area contributed by atoms with Gasteiger partial charge in [0.15, 0.2) is 11.6 Å². The minimum absolute atomic E-state index is 0.283. The van der Waals surface area contributed by atoms with Gasteiger partial charge in [0.25, 0.3) is 0 Å². The lowest BCUT2D eigenvalue weighted by Crippen LogP contribution is -2.41. The second-order valence-corrected chi connectivity index (χ2v) is 7.25. The summed E-state index contributed by atoms with van der Waals surface area (Å²) in [7, 11) is 0. The quantitative estimate of drug-likeness (QED) is 0.917. The lowest BCUT2D eigenvalue weighted by atomic mass is 9.97. The highest BCUT2D eigenvalue weighted by Gasteiger charge is 2.52. The van der Waals surface area contributed by atoms with E-state index < -0.39 is 29.9 Å². The third-order valence-electron chi connectivity index (χ3n) is 4.39. The van der Waals surface area contributed by atoms with E-state index in [0.717, 1.165) is 11.1 Å². The molecule has 132 valence electrons. The number of hydrogen-bond acceptors (Lipinski definition) is 5. The van der Waals surface area contributed by atoms with E-state index in [1.54, 1.807) is 6.08 Å². The highest BCUT2D eigenvalue weighted by molar-refractivity contribution is 5.47. The van der Waals surface area contributed by atoms with Gasteiger partial charge in [0.1, 0.15) is 24.4 Å². The molecule has 2 aliphatic heterocycles. The molecule has 0 unspecified atom stereocenters. The summed E-state index contributed by atoms with van der Waals surface area (Å²) < 4.78 is 23.6. The van der Waals surface area contributed by atoms with E-state index in [9.17, 15) is 5.11 Å². The van der Waals surface area contributed by atoms with Gasteiger partial charge < -0.3 is 24.1 Å². The predicted molar refractivity (Wildman–Crippen MR) is 90.2 cm³/mol. The molecule has 5 nitrogen and oxygen atoms in total. The van der Waals surface area contributed by atoms with Gasteiger partial charge in [0, 0.05) is 0 Å². The van der Waals surface area contributed by atoms with Crippen molar-refractivity contribution in [2.24, 2.45) is 0 Å². The largest absolute Gasteiger partial charge is 0.386 e. The molecule has 0 radical (unpaired) electrons. The van der Waals surface area contributed by atoms with Crippen molar-refractivity contribution < 1.29 is 24.1 Å². The monoisotopic (exact) mass is 334 g/mol. The lowest BCUT2D eigenvalue weighted by molar-refractivity contribution is -0.175. The van der Waals surface area contributed by atoms with Crippen molar-refractivity contribution in [1.29, 1.82) is 0 Å². The fraction of sp³-hybridized carbons (Fsp3) is 0.579. The summed E-state index contributed by atoms with van der Waals surface area (Å²) in [6, 6.07) is 7.59. The standard InChI is InChI=1S/C19H26O5/c1-6-12-7-9-13(10-8-12)15(20)17-16(23-19(4,5)24-17)14-11-21-18(2,3)22-14/h6-10,14-17,20H,1,11H2,2-5H3/t14-,15+,16-,17-/m1/s1. The molecule has 0 spiro atoms. The van der Waals surface area contributed by atoms with E-state index in [4.69, 9.17) is 18.9 Å². The molecule has 0 aromatic heterocycles. The minimum Gasteiger partial charge on any atom is -0.386 e. The fourth-order valence-electron chi connectivity index (χ4n) is 3.25. The highest BCUT2D eigenvalue weighted by Crippen LogP contribution is 2.40. The third-order valence-corrected chi connectivity index (χ3v) is 4.39. The molecule has 5 heteroatoms. The smallest absolute Gasteiger partial charge is 0.164 e. The van der Waals surface area contributed by atoms with Crippen LogP contribution in [0.4, 0.5) is 0 Å². The summed E-state index contributed by atoms with van der Waals surface area (Å²) in [5.41, 5.74) is 1.77. The van der Waals surface area contributed by atoms with Crippen LogP contribution in [0, 0.1) is 0 Å². The molecule has 1 N–H and O–H groups in total. The maximum Gasteiger partial charge on any atom is 0.164 e. The van der Waals surface area contributed by atoms with Crippen molar-refractivity contribution >= 4 is 6.08 Å². The Morgan fingerprint density at radius 2 is 1.75 bits per heavy atom. The molecule has 0 saturated carbocycles. The number of rotatable bonds is 4. The molecule has 2 fully saturated rings. The van der Waals surface area contributed by atoms with Crippen LogP contribution in [0.2, 0.25) is 0 Å². The molecule has 4 atom stereocenters. The van der Waals surface area contributed by atoms with E-state index >= 15 is 0 Å². The first-order valence-corrected chi connectivity index (χ1v) is 8.29. The Bertz CT molecular complexity index is 592. The molecule has 0 bridgehead atoms. The lowest BCUT2D eigenvalue weighted by Gasteiger charge is -2.26. The van der Waals surface area contributed by atoms with Crippen molar-refractivity contribution in [3.63, 3.8) is 0 Å². The average molecular weight is 334 g/mol. The topological polar surface area (TPSA) is 57.2 Å². The SMILES string of the molecule is C=Cc1ccc([C@H](O)[C@H]2OC(C)(C)O[C@@H]2[C@H]2COC(C)(C)O2)cc1. The Morgan fingerprint density at radius 3 is 2.29 bits per heavy atom. The minimum atomic E-state index is -0.817. The molecule has 24 heavy (non-hydrogen) atoms. The van der Waals surface area contributed by atoms with E-state index in [2.05, 4.69) is 6.58 Å².